The largest absolute Gasteiger partial charge is 0.342 e. The first-order chi connectivity index (χ1) is 10.1. The van der Waals surface area contributed by atoms with Crippen molar-refractivity contribution in [1.29, 1.82) is 0 Å². The number of rotatable bonds is 1. The van der Waals surface area contributed by atoms with E-state index in [-0.39, 0.29) is 11.8 Å². The Morgan fingerprint density at radius 1 is 1.05 bits per heavy atom. The van der Waals surface area contributed by atoms with Crippen LogP contribution < -0.4 is 5.32 Å². The van der Waals surface area contributed by atoms with Gasteiger partial charge in [-0.2, -0.15) is 0 Å². The fourth-order valence-electron chi connectivity index (χ4n) is 4.13. The number of nitrogens with one attached hydrogen (secondary N) is 1. The molecule has 0 aromatic rings. The summed E-state index contributed by atoms with van der Waals surface area (Å²) in [6, 6.07) is 0.320. The maximum atomic E-state index is 13.1. The van der Waals surface area contributed by atoms with E-state index in [9.17, 15) is 9.59 Å². The first kappa shape index (κ1) is 14.8. The predicted molar refractivity (Wildman–Crippen MR) is 80.8 cm³/mol. The molecular formula is C16H27N3O2. The molecule has 2 saturated heterocycles. The summed E-state index contributed by atoms with van der Waals surface area (Å²) in [5, 5.41) is 3.08. The van der Waals surface area contributed by atoms with Gasteiger partial charge in [-0.25, -0.2) is 0 Å². The van der Waals surface area contributed by atoms with Gasteiger partial charge in [0, 0.05) is 19.0 Å². The first-order valence-electron chi connectivity index (χ1n) is 8.41. The molecule has 1 spiro atoms. The van der Waals surface area contributed by atoms with E-state index in [2.05, 4.69) is 17.3 Å². The second-order valence-corrected chi connectivity index (χ2v) is 6.97. The van der Waals surface area contributed by atoms with E-state index >= 15 is 0 Å². The lowest BCUT2D eigenvalue weighted by molar-refractivity contribution is -0.143. The molecule has 0 atom stereocenters. The highest BCUT2D eigenvalue weighted by Gasteiger charge is 2.46. The van der Waals surface area contributed by atoms with Crippen LogP contribution in [0.3, 0.4) is 0 Å². The monoisotopic (exact) mass is 293 g/mol. The normalized spacial score (nSPS) is 28.5. The predicted octanol–water partition coefficient (Wildman–Crippen LogP) is 1.13. The molecule has 2 aliphatic heterocycles. The van der Waals surface area contributed by atoms with E-state index in [1.807, 2.05) is 4.90 Å². The van der Waals surface area contributed by atoms with E-state index < -0.39 is 5.54 Å². The third kappa shape index (κ3) is 2.93. The van der Waals surface area contributed by atoms with Crippen LogP contribution in [0, 0.1) is 0 Å². The Labute approximate surface area is 127 Å². The Hall–Kier alpha value is -1.10. The summed E-state index contributed by atoms with van der Waals surface area (Å²) in [6.45, 7) is 2.69. The molecule has 1 saturated carbocycles. The maximum absolute atomic E-state index is 13.1. The summed E-state index contributed by atoms with van der Waals surface area (Å²) in [4.78, 5) is 29.6. The Bertz CT molecular complexity index is 410. The van der Waals surface area contributed by atoms with Gasteiger partial charge in [-0.15, -0.1) is 0 Å². The zero-order valence-corrected chi connectivity index (χ0v) is 13.1. The van der Waals surface area contributed by atoms with Gasteiger partial charge in [-0.05, 0) is 45.8 Å². The Kier molecular flexibility index (Phi) is 4.20. The Morgan fingerprint density at radius 2 is 1.71 bits per heavy atom. The van der Waals surface area contributed by atoms with Crippen molar-refractivity contribution in [1.82, 2.24) is 15.1 Å². The van der Waals surface area contributed by atoms with Crippen molar-refractivity contribution < 1.29 is 9.59 Å². The molecule has 5 heteroatoms. The number of nitrogens with zero attached hydrogens (tertiary/aromatic N) is 2. The van der Waals surface area contributed by atoms with Crippen LogP contribution in [0.4, 0.5) is 0 Å². The van der Waals surface area contributed by atoms with Crippen molar-refractivity contribution >= 4 is 11.8 Å². The molecule has 0 aromatic carbocycles. The molecule has 0 bridgehead atoms. The van der Waals surface area contributed by atoms with Crippen molar-refractivity contribution in [2.24, 2.45) is 0 Å². The second-order valence-electron chi connectivity index (χ2n) is 6.97. The Balaban J connectivity index is 1.79. The van der Waals surface area contributed by atoms with Crippen molar-refractivity contribution in [3.63, 3.8) is 0 Å². The maximum Gasteiger partial charge on any atom is 0.248 e. The van der Waals surface area contributed by atoms with Crippen molar-refractivity contribution in [2.45, 2.75) is 62.9 Å². The van der Waals surface area contributed by atoms with E-state index in [4.69, 9.17) is 0 Å². The molecule has 2 heterocycles. The number of amides is 2. The highest BCUT2D eigenvalue weighted by Crippen LogP contribution is 2.33. The van der Waals surface area contributed by atoms with Gasteiger partial charge < -0.3 is 15.1 Å². The summed E-state index contributed by atoms with van der Waals surface area (Å²) in [7, 11) is 2.13. The summed E-state index contributed by atoms with van der Waals surface area (Å²) >= 11 is 0. The summed E-state index contributed by atoms with van der Waals surface area (Å²) in [5.74, 6) is 0.253. The first-order valence-corrected chi connectivity index (χ1v) is 8.41. The molecule has 118 valence electrons. The van der Waals surface area contributed by atoms with Crippen LogP contribution in [0.2, 0.25) is 0 Å². The third-order valence-corrected chi connectivity index (χ3v) is 5.46. The van der Waals surface area contributed by atoms with E-state index in [1.165, 1.54) is 6.42 Å². The quantitative estimate of drug-likeness (QED) is 0.788. The second kappa shape index (κ2) is 5.95. The molecule has 3 fully saturated rings. The third-order valence-electron chi connectivity index (χ3n) is 5.46. The minimum Gasteiger partial charge on any atom is -0.342 e. The lowest BCUT2D eigenvalue weighted by Crippen LogP contribution is -2.60. The highest BCUT2D eigenvalue weighted by molar-refractivity contribution is 5.93. The summed E-state index contributed by atoms with van der Waals surface area (Å²) in [6.07, 6.45) is 7.44. The fourth-order valence-corrected chi connectivity index (χ4v) is 4.13. The number of hydrogen-bond donors (Lipinski definition) is 1. The molecular weight excluding hydrogens is 266 g/mol. The van der Waals surface area contributed by atoms with Crippen LogP contribution in [0.15, 0.2) is 0 Å². The molecule has 0 radical (unpaired) electrons. The van der Waals surface area contributed by atoms with Gasteiger partial charge in [0.05, 0.1) is 0 Å². The van der Waals surface area contributed by atoms with Gasteiger partial charge in [-0.3, -0.25) is 9.59 Å². The minimum atomic E-state index is -0.588. The van der Waals surface area contributed by atoms with Crippen LogP contribution in [-0.4, -0.2) is 59.9 Å². The smallest absolute Gasteiger partial charge is 0.248 e. The number of hydrogen-bond acceptors (Lipinski definition) is 3. The number of carbonyl (C=O) groups excluding carboxylic acids is 2. The van der Waals surface area contributed by atoms with Gasteiger partial charge in [0.2, 0.25) is 11.8 Å². The SMILES string of the molecule is CN1CCC(N2CCC(=O)NC3(CCCCC3)C2=O)CC1. The average molecular weight is 293 g/mol. The number of likely N-dealkylation sites (tertiary alicyclic amines) is 1. The molecule has 0 unspecified atom stereocenters. The molecule has 1 N–H and O–H groups in total. The van der Waals surface area contributed by atoms with Gasteiger partial charge >= 0.3 is 0 Å². The zero-order valence-electron chi connectivity index (χ0n) is 13.1. The number of piperidine rings is 1. The standard InChI is InChI=1S/C16H27N3O2/c1-18-10-5-13(6-11-18)19-12-7-14(20)17-16(15(19)21)8-3-2-4-9-16/h13H,2-12H2,1H3,(H,17,20). The van der Waals surface area contributed by atoms with Crippen LogP contribution in [0.5, 0.6) is 0 Å². The van der Waals surface area contributed by atoms with Gasteiger partial charge in [0.1, 0.15) is 5.54 Å². The van der Waals surface area contributed by atoms with E-state index in [0.29, 0.717) is 19.0 Å². The van der Waals surface area contributed by atoms with Gasteiger partial charge in [0.25, 0.3) is 0 Å². The molecule has 2 amide bonds. The molecule has 0 aromatic heterocycles. The lowest BCUT2D eigenvalue weighted by Gasteiger charge is -2.42. The van der Waals surface area contributed by atoms with Crippen LogP contribution in [0.25, 0.3) is 0 Å². The van der Waals surface area contributed by atoms with E-state index in [1.54, 1.807) is 0 Å². The molecule has 1 aliphatic carbocycles. The molecule has 21 heavy (non-hydrogen) atoms. The summed E-state index contributed by atoms with van der Waals surface area (Å²) < 4.78 is 0. The number of carbonyl (C=O) groups is 2. The zero-order chi connectivity index (χ0) is 14.9. The van der Waals surface area contributed by atoms with Crippen LogP contribution in [0.1, 0.15) is 51.4 Å². The van der Waals surface area contributed by atoms with Crippen molar-refractivity contribution in [2.75, 3.05) is 26.7 Å². The molecule has 3 aliphatic rings. The molecule has 5 nitrogen and oxygen atoms in total. The van der Waals surface area contributed by atoms with Crippen molar-refractivity contribution in [3.8, 4) is 0 Å². The van der Waals surface area contributed by atoms with Gasteiger partial charge in [-0.1, -0.05) is 19.3 Å². The topological polar surface area (TPSA) is 52.6 Å². The highest BCUT2D eigenvalue weighted by atomic mass is 16.2. The fraction of sp³-hybridized carbons (Fsp3) is 0.875. The summed E-state index contributed by atoms with van der Waals surface area (Å²) in [5.41, 5.74) is -0.588. The van der Waals surface area contributed by atoms with Gasteiger partial charge in [0.15, 0.2) is 0 Å². The Morgan fingerprint density at radius 3 is 2.38 bits per heavy atom. The minimum absolute atomic E-state index is 0.0562. The lowest BCUT2D eigenvalue weighted by atomic mass is 9.80. The van der Waals surface area contributed by atoms with Crippen LogP contribution in [-0.2, 0) is 9.59 Å². The molecule has 3 rings (SSSR count). The average Bonchev–Trinajstić information content (AvgIpc) is 2.60. The van der Waals surface area contributed by atoms with Crippen molar-refractivity contribution in [3.05, 3.63) is 0 Å². The van der Waals surface area contributed by atoms with E-state index in [0.717, 1.165) is 51.6 Å². The van der Waals surface area contributed by atoms with Crippen LogP contribution >= 0.6 is 0 Å².